The lowest BCUT2D eigenvalue weighted by Crippen LogP contribution is -2.24. The predicted molar refractivity (Wildman–Crippen MR) is 74.6 cm³/mol. The molecule has 0 atom stereocenters. The Labute approximate surface area is 117 Å². The minimum atomic E-state index is 0.312. The van der Waals surface area contributed by atoms with Crippen LogP contribution in [-0.2, 0) is 6.54 Å². The summed E-state index contributed by atoms with van der Waals surface area (Å²) in [5.74, 6) is 1.16. The van der Waals surface area contributed by atoms with Crippen LogP contribution < -0.4 is 9.64 Å². The highest BCUT2D eigenvalue weighted by Gasteiger charge is 2.16. The highest BCUT2D eigenvalue weighted by atomic mass is 35.5. The van der Waals surface area contributed by atoms with E-state index in [1.165, 1.54) is 6.33 Å². The minimum Gasteiger partial charge on any atom is -0.490 e. The standard InChI is InChI=1S/C13H15ClN4O/c1-3-18(8-10-6-4-5-7-15-10)13-11(19-2)12(14)16-9-17-13/h4-7,9H,3,8H2,1-2H3. The molecule has 0 aliphatic heterocycles. The third-order valence-corrected chi connectivity index (χ3v) is 2.98. The van der Waals surface area contributed by atoms with Crippen molar-refractivity contribution in [1.82, 2.24) is 15.0 Å². The van der Waals surface area contributed by atoms with E-state index in [4.69, 9.17) is 16.3 Å². The van der Waals surface area contributed by atoms with E-state index in [-0.39, 0.29) is 0 Å². The molecule has 2 aromatic rings. The Morgan fingerprint density at radius 2 is 2.11 bits per heavy atom. The monoisotopic (exact) mass is 278 g/mol. The van der Waals surface area contributed by atoms with Crippen LogP contribution in [0.1, 0.15) is 12.6 Å². The topological polar surface area (TPSA) is 51.1 Å². The van der Waals surface area contributed by atoms with Gasteiger partial charge in [-0.25, -0.2) is 9.97 Å². The lowest BCUT2D eigenvalue weighted by Gasteiger charge is -2.23. The SMILES string of the molecule is CCN(Cc1ccccn1)c1ncnc(Cl)c1OC. The molecule has 2 aromatic heterocycles. The van der Waals surface area contributed by atoms with E-state index in [0.717, 1.165) is 12.2 Å². The average molecular weight is 279 g/mol. The number of hydrogen-bond acceptors (Lipinski definition) is 5. The summed E-state index contributed by atoms with van der Waals surface area (Å²) in [7, 11) is 1.56. The van der Waals surface area contributed by atoms with Crippen molar-refractivity contribution in [1.29, 1.82) is 0 Å². The Morgan fingerprint density at radius 1 is 1.26 bits per heavy atom. The molecule has 0 radical (unpaired) electrons. The number of nitrogens with zero attached hydrogens (tertiary/aromatic N) is 4. The first-order valence-corrected chi connectivity index (χ1v) is 6.33. The molecular formula is C13H15ClN4O. The third-order valence-electron chi connectivity index (χ3n) is 2.71. The van der Waals surface area contributed by atoms with E-state index in [9.17, 15) is 0 Å². The van der Waals surface area contributed by atoms with Gasteiger partial charge in [0, 0.05) is 12.7 Å². The zero-order valence-corrected chi connectivity index (χ0v) is 11.6. The summed E-state index contributed by atoms with van der Waals surface area (Å²) in [5.41, 5.74) is 0.959. The Bertz CT molecular complexity index is 535. The van der Waals surface area contributed by atoms with Crippen molar-refractivity contribution in [2.75, 3.05) is 18.6 Å². The van der Waals surface area contributed by atoms with Crippen molar-refractivity contribution in [2.24, 2.45) is 0 Å². The Kier molecular flexibility index (Phi) is 4.52. The molecule has 0 spiro atoms. The van der Waals surface area contributed by atoms with E-state index in [2.05, 4.69) is 15.0 Å². The molecule has 0 saturated heterocycles. The lowest BCUT2D eigenvalue weighted by atomic mass is 10.3. The van der Waals surface area contributed by atoms with Gasteiger partial charge in [0.2, 0.25) is 0 Å². The number of pyridine rings is 1. The van der Waals surface area contributed by atoms with Crippen LogP contribution >= 0.6 is 11.6 Å². The summed E-state index contributed by atoms with van der Waals surface area (Å²) in [6.07, 6.45) is 3.20. The molecule has 2 heterocycles. The second-order valence-electron chi connectivity index (χ2n) is 3.86. The fourth-order valence-corrected chi connectivity index (χ4v) is 1.97. The molecule has 0 unspecified atom stereocenters. The van der Waals surface area contributed by atoms with Gasteiger partial charge >= 0.3 is 0 Å². The van der Waals surface area contributed by atoms with Gasteiger partial charge in [-0.1, -0.05) is 17.7 Å². The zero-order chi connectivity index (χ0) is 13.7. The van der Waals surface area contributed by atoms with Crippen LogP contribution in [0.4, 0.5) is 5.82 Å². The Morgan fingerprint density at radius 3 is 2.74 bits per heavy atom. The summed E-state index contributed by atoms with van der Waals surface area (Å²) in [6.45, 7) is 3.44. The Hall–Kier alpha value is -1.88. The highest BCUT2D eigenvalue weighted by Crippen LogP contribution is 2.31. The average Bonchev–Trinajstić information content (AvgIpc) is 2.45. The van der Waals surface area contributed by atoms with E-state index < -0.39 is 0 Å². The molecule has 19 heavy (non-hydrogen) atoms. The van der Waals surface area contributed by atoms with Gasteiger partial charge in [0.15, 0.2) is 16.7 Å². The number of rotatable bonds is 5. The molecule has 0 amide bonds. The van der Waals surface area contributed by atoms with Crippen LogP contribution in [-0.4, -0.2) is 28.6 Å². The summed E-state index contributed by atoms with van der Waals surface area (Å²) in [6, 6.07) is 5.82. The van der Waals surface area contributed by atoms with Crippen molar-refractivity contribution in [2.45, 2.75) is 13.5 Å². The molecule has 0 N–H and O–H groups in total. The first-order chi connectivity index (χ1) is 9.26. The molecule has 0 fully saturated rings. The number of ether oxygens (including phenoxy) is 1. The second-order valence-corrected chi connectivity index (χ2v) is 4.21. The molecule has 0 aliphatic rings. The largest absolute Gasteiger partial charge is 0.490 e. The number of anilines is 1. The fourth-order valence-electron chi connectivity index (χ4n) is 1.77. The summed E-state index contributed by atoms with van der Waals surface area (Å²) in [4.78, 5) is 14.5. The first kappa shape index (κ1) is 13.5. The first-order valence-electron chi connectivity index (χ1n) is 5.95. The van der Waals surface area contributed by atoms with Crippen LogP contribution in [0.25, 0.3) is 0 Å². The third kappa shape index (κ3) is 3.12. The van der Waals surface area contributed by atoms with Crippen molar-refractivity contribution >= 4 is 17.4 Å². The quantitative estimate of drug-likeness (QED) is 0.787. The number of methoxy groups -OCH3 is 1. The van der Waals surface area contributed by atoms with Crippen molar-refractivity contribution in [3.63, 3.8) is 0 Å². The predicted octanol–water partition coefficient (Wildman–Crippen LogP) is 2.56. The highest BCUT2D eigenvalue weighted by molar-refractivity contribution is 6.31. The smallest absolute Gasteiger partial charge is 0.199 e. The van der Waals surface area contributed by atoms with Gasteiger partial charge in [-0.15, -0.1) is 0 Å². The van der Waals surface area contributed by atoms with Crippen LogP contribution in [0.15, 0.2) is 30.7 Å². The maximum atomic E-state index is 6.02. The molecular weight excluding hydrogens is 264 g/mol. The zero-order valence-electron chi connectivity index (χ0n) is 10.9. The van der Waals surface area contributed by atoms with Gasteiger partial charge in [0.25, 0.3) is 0 Å². The van der Waals surface area contributed by atoms with Crippen LogP contribution in [0.2, 0.25) is 5.15 Å². The van der Waals surface area contributed by atoms with Crippen LogP contribution in [0.3, 0.4) is 0 Å². The summed E-state index contributed by atoms with van der Waals surface area (Å²) in [5, 5.41) is 0.312. The number of hydrogen-bond donors (Lipinski definition) is 0. The van der Waals surface area contributed by atoms with Crippen molar-refractivity contribution in [3.05, 3.63) is 41.6 Å². The van der Waals surface area contributed by atoms with Crippen molar-refractivity contribution in [3.8, 4) is 5.75 Å². The van der Waals surface area contributed by atoms with E-state index >= 15 is 0 Å². The number of aromatic nitrogens is 3. The molecule has 5 nitrogen and oxygen atoms in total. The molecule has 0 aliphatic carbocycles. The normalized spacial score (nSPS) is 10.3. The van der Waals surface area contributed by atoms with Crippen molar-refractivity contribution < 1.29 is 4.74 Å². The summed E-state index contributed by atoms with van der Waals surface area (Å²) < 4.78 is 5.28. The van der Waals surface area contributed by atoms with Gasteiger partial charge in [-0.3, -0.25) is 4.98 Å². The van der Waals surface area contributed by atoms with Gasteiger partial charge in [0.05, 0.1) is 19.3 Å². The number of halogens is 1. The lowest BCUT2D eigenvalue weighted by molar-refractivity contribution is 0.410. The molecule has 0 aromatic carbocycles. The molecule has 0 saturated carbocycles. The summed E-state index contributed by atoms with van der Waals surface area (Å²) >= 11 is 6.02. The Balaban J connectivity index is 2.30. The second kappa shape index (κ2) is 6.33. The van der Waals surface area contributed by atoms with Gasteiger partial charge in [-0.2, -0.15) is 0 Å². The van der Waals surface area contributed by atoms with Crippen LogP contribution in [0.5, 0.6) is 5.75 Å². The fraction of sp³-hybridized carbons (Fsp3) is 0.308. The maximum absolute atomic E-state index is 6.02. The van der Waals surface area contributed by atoms with E-state index in [1.807, 2.05) is 30.0 Å². The van der Waals surface area contributed by atoms with Crippen LogP contribution in [0, 0.1) is 0 Å². The van der Waals surface area contributed by atoms with E-state index in [1.54, 1.807) is 13.3 Å². The van der Waals surface area contributed by atoms with E-state index in [0.29, 0.717) is 23.3 Å². The minimum absolute atomic E-state index is 0.312. The molecule has 6 heteroatoms. The molecule has 0 bridgehead atoms. The van der Waals surface area contributed by atoms with Gasteiger partial charge in [0.1, 0.15) is 6.33 Å². The van der Waals surface area contributed by atoms with Gasteiger partial charge < -0.3 is 9.64 Å². The molecule has 2 rings (SSSR count). The van der Waals surface area contributed by atoms with Gasteiger partial charge in [-0.05, 0) is 19.1 Å². The maximum Gasteiger partial charge on any atom is 0.199 e. The molecule has 100 valence electrons.